The molecule has 3 aliphatic rings. The maximum Gasteiger partial charge on any atom is 0.324 e. The second-order valence-corrected chi connectivity index (χ2v) is 8.25. The standard InChI is InChI=1S/C18H32N2O3/c1-5-23-15(21)14(19)18(20-8-10-22-11-9-20)12-13-6-7-17(18,4)16(13,2)3/h13-14H,5-12,19H2,1-4H3/t13-,14-,17+,18-/m1/s1. The fourth-order valence-corrected chi connectivity index (χ4v) is 5.86. The predicted molar refractivity (Wildman–Crippen MR) is 89.0 cm³/mol. The summed E-state index contributed by atoms with van der Waals surface area (Å²) in [7, 11) is 0. The lowest BCUT2D eigenvalue weighted by atomic mass is 9.59. The van der Waals surface area contributed by atoms with Crippen LogP contribution in [-0.4, -0.2) is 55.4 Å². The van der Waals surface area contributed by atoms with Crippen LogP contribution in [0.4, 0.5) is 0 Å². The van der Waals surface area contributed by atoms with Crippen LogP contribution >= 0.6 is 0 Å². The smallest absolute Gasteiger partial charge is 0.324 e. The van der Waals surface area contributed by atoms with Crippen LogP contribution in [-0.2, 0) is 14.3 Å². The Hall–Kier alpha value is -0.650. The minimum Gasteiger partial charge on any atom is -0.465 e. The van der Waals surface area contributed by atoms with E-state index in [4.69, 9.17) is 15.2 Å². The summed E-state index contributed by atoms with van der Waals surface area (Å²) in [5.41, 5.74) is 6.51. The van der Waals surface area contributed by atoms with Gasteiger partial charge in [-0.15, -0.1) is 0 Å². The van der Waals surface area contributed by atoms with Crippen molar-refractivity contribution in [3.63, 3.8) is 0 Å². The lowest BCUT2D eigenvalue weighted by Gasteiger charge is -2.57. The summed E-state index contributed by atoms with van der Waals surface area (Å²) in [5, 5.41) is 0. The first-order chi connectivity index (χ1) is 10.8. The van der Waals surface area contributed by atoms with E-state index in [0.717, 1.165) is 39.1 Å². The summed E-state index contributed by atoms with van der Waals surface area (Å²) in [4.78, 5) is 15.1. The largest absolute Gasteiger partial charge is 0.465 e. The van der Waals surface area contributed by atoms with Crippen molar-refractivity contribution in [1.82, 2.24) is 4.90 Å². The fourth-order valence-electron chi connectivity index (χ4n) is 5.86. The highest BCUT2D eigenvalue weighted by Gasteiger charge is 2.73. The molecule has 4 atom stereocenters. The van der Waals surface area contributed by atoms with Crippen molar-refractivity contribution in [2.75, 3.05) is 32.9 Å². The van der Waals surface area contributed by atoms with Crippen LogP contribution in [0.5, 0.6) is 0 Å². The van der Waals surface area contributed by atoms with Gasteiger partial charge in [-0.1, -0.05) is 20.8 Å². The van der Waals surface area contributed by atoms with Gasteiger partial charge in [-0.25, -0.2) is 0 Å². The average Bonchev–Trinajstić information content (AvgIpc) is 2.87. The molecule has 2 N–H and O–H groups in total. The van der Waals surface area contributed by atoms with Crippen LogP contribution in [0.2, 0.25) is 0 Å². The summed E-state index contributed by atoms with van der Waals surface area (Å²) in [5.74, 6) is 0.374. The van der Waals surface area contributed by atoms with Crippen molar-refractivity contribution in [2.24, 2.45) is 22.5 Å². The van der Waals surface area contributed by atoms with Crippen molar-refractivity contribution in [3.05, 3.63) is 0 Å². The number of hydrogen-bond acceptors (Lipinski definition) is 5. The van der Waals surface area contributed by atoms with Crippen molar-refractivity contribution < 1.29 is 14.3 Å². The average molecular weight is 324 g/mol. The molecule has 2 aliphatic carbocycles. The Kier molecular flexibility index (Phi) is 4.27. The molecule has 1 saturated heterocycles. The van der Waals surface area contributed by atoms with E-state index in [2.05, 4.69) is 25.7 Å². The van der Waals surface area contributed by atoms with E-state index < -0.39 is 6.04 Å². The SMILES string of the molecule is CCOC(=O)[C@@H](N)[C@]1(N2CCOCC2)C[C@H]2CC[C@@]1(C)C2(C)C. The van der Waals surface area contributed by atoms with Gasteiger partial charge in [-0.3, -0.25) is 9.69 Å². The lowest BCUT2D eigenvalue weighted by Crippen LogP contribution is -2.71. The number of carbonyl (C=O) groups is 1. The third kappa shape index (κ3) is 2.12. The van der Waals surface area contributed by atoms with Crippen LogP contribution in [0.1, 0.15) is 47.0 Å². The Morgan fingerprint density at radius 2 is 2.00 bits per heavy atom. The van der Waals surface area contributed by atoms with Gasteiger partial charge in [0.25, 0.3) is 0 Å². The van der Waals surface area contributed by atoms with E-state index in [1.807, 2.05) is 6.92 Å². The molecule has 0 aromatic carbocycles. The van der Waals surface area contributed by atoms with Gasteiger partial charge in [-0.05, 0) is 42.9 Å². The number of hydrogen-bond donors (Lipinski definition) is 1. The third-order valence-corrected chi connectivity index (χ3v) is 7.58. The number of nitrogens with zero attached hydrogens (tertiary/aromatic N) is 1. The van der Waals surface area contributed by atoms with E-state index in [1.165, 1.54) is 6.42 Å². The molecule has 3 fully saturated rings. The molecule has 2 bridgehead atoms. The minimum absolute atomic E-state index is 0.0220. The third-order valence-electron chi connectivity index (χ3n) is 7.58. The number of ether oxygens (including phenoxy) is 2. The molecule has 0 spiro atoms. The first-order valence-corrected chi connectivity index (χ1v) is 9.06. The maximum absolute atomic E-state index is 12.6. The molecule has 1 heterocycles. The van der Waals surface area contributed by atoms with E-state index in [9.17, 15) is 4.79 Å². The number of carbonyl (C=O) groups excluding carboxylic acids is 1. The van der Waals surface area contributed by atoms with Crippen molar-refractivity contribution in [2.45, 2.75) is 58.5 Å². The summed E-state index contributed by atoms with van der Waals surface area (Å²) in [6.45, 7) is 12.5. The van der Waals surface area contributed by atoms with Gasteiger partial charge >= 0.3 is 5.97 Å². The predicted octanol–water partition coefficient (Wildman–Crippen LogP) is 1.79. The minimum atomic E-state index is -0.588. The van der Waals surface area contributed by atoms with Gasteiger partial charge in [0.05, 0.1) is 25.4 Å². The van der Waals surface area contributed by atoms with Crippen molar-refractivity contribution in [3.8, 4) is 0 Å². The zero-order valence-electron chi connectivity index (χ0n) is 15.1. The Labute approximate surface area is 139 Å². The number of rotatable bonds is 4. The monoisotopic (exact) mass is 324 g/mol. The summed E-state index contributed by atoms with van der Waals surface area (Å²) >= 11 is 0. The summed E-state index contributed by atoms with van der Waals surface area (Å²) < 4.78 is 10.9. The lowest BCUT2D eigenvalue weighted by molar-refractivity contribution is -0.159. The van der Waals surface area contributed by atoms with E-state index in [0.29, 0.717) is 12.5 Å². The molecular weight excluding hydrogens is 292 g/mol. The summed E-state index contributed by atoms with van der Waals surface area (Å²) in [6.07, 6.45) is 3.37. The molecule has 0 aromatic heterocycles. The van der Waals surface area contributed by atoms with Gasteiger partial charge in [0.15, 0.2) is 0 Å². The highest BCUT2D eigenvalue weighted by molar-refractivity contribution is 5.78. The molecule has 5 heteroatoms. The highest BCUT2D eigenvalue weighted by Crippen LogP contribution is 2.71. The van der Waals surface area contributed by atoms with Crippen LogP contribution in [0, 0.1) is 16.7 Å². The Morgan fingerprint density at radius 3 is 2.48 bits per heavy atom. The molecule has 0 unspecified atom stereocenters. The zero-order valence-corrected chi connectivity index (χ0v) is 15.1. The normalized spacial score (nSPS) is 41.0. The van der Waals surface area contributed by atoms with Gasteiger partial charge in [0, 0.05) is 13.1 Å². The molecule has 2 saturated carbocycles. The number of fused-ring (bicyclic) bond motifs is 2. The van der Waals surface area contributed by atoms with Crippen LogP contribution < -0.4 is 5.73 Å². The molecule has 0 radical (unpaired) electrons. The topological polar surface area (TPSA) is 64.8 Å². The molecular formula is C18H32N2O3. The van der Waals surface area contributed by atoms with Crippen molar-refractivity contribution in [1.29, 1.82) is 0 Å². The molecule has 5 nitrogen and oxygen atoms in total. The first-order valence-electron chi connectivity index (χ1n) is 9.06. The molecule has 3 rings (SSSR count). The number of morpholine rings is 1. The first kappa shape index (κ1) is 17.2. The molecule has 0 amide bonds. The van der Waals surface area contributed by atoms with E-state index >= 15 is 0 Å². The van der Waals surface area contributed by atoms with Crippen molar-refractivity contribution >= 4 is 5.97 Å². The second kappa shape index (κ2) is 5.71. The number of nitrogens with two attached hydrogens (primary N) is 1. The highest BCUT2D eigenvalue weighted by atomic mass is 16.5. The number of esters is 1. The molecule has 0 aromatic rings. The molecule has 1 aliphatic heterocycles. The fraction of sp³-hybridized carbons (Fsp3) is 0.944. The van der Waals surface area contributed by atoms with E-state index in [1.54, 1.807) is 0 Å². The quantitative estimate of drug-likeness (QED) is 0.799. The van der Waals surface area contributed by atoms with Crippen LogP contribution in [0.3, 0.4) is 0 Å². The van der Waals surface area contributed by atoms with Gasteiger partial charge in [0.2, 0.25) is 0 Å². The van der Waals surface area contributed by atoms with Gasteiger partial charge in [0.1, 0.15) is 6.04 Å². The van der Waals surface area contributed by atoms with Crippen LogP contribution in [0.15, 0.2) is 0 Å². The van der Waals surface area contributed by atoms with E-state index in [-0.39, 0.29) is 22.3 Å². The Morgan fingerprint density at radius 1 is 1.35 bits per heavy atom. The van der Waals surface area contributed by atoms with Gasteiger partial charge in [-0.2, -0.15) is 0 Å². The van der Waals surface area contributed by atoms with Crippen LogP contribution in [0.25, 0.3) is 0 Å². The maximum atomic E-state index is 12.6. The van der Waals surface area contributed by atoms with Gasteiger partial charge < -0.3 is 15.2 Å². The summed E-state index contributed by atoms with van der Waals surface area (Å²) in [6, 6.07) is -0.588. The Bertz CT molecular complexity index is 475. The zero-order chi connectivity index (χ0) is 16.9. The Balaban J connectivity index is 2.03. The molecule has 132 valence electrons. The molecule has 23 heavy (non-hydrogen) atoms. The second-order valence-electron chi connectivity index (χ2n) is 8.25.